The van der Waals surface area contributed by atoms with E-state index in [4.69, 9.17) is 5.73 Å². The van der Waals surface area contributed by atoms with Crippen molar-refractivity contribution in [3.8, 4) is 0 Å². The first-order valence-electron chi connectivity index (χ1n) is 4.45. The van der Waals surface area contributed by atoms with E-state index in [1.807, 2.05) is 25.3 Å². The maximum Gasteiger partial charge on any atom is 0.132 e. The molecule has 0 bridgehead atoms. The molecule has 1 aromatic heterocycles. The molecular formula is C11H12FNS. The van der Waals surface area contributed by atoms with E-state index in [-0.39, 0.29) is 5.82 Å². The maximum absolute atomic E-state index is 13.6. The molecule has 1 nitrogen and oxygen atoms in total. The quantitative estimate of drug-likeness (QED) is 0.766. The molecule has 0 aliphatic heterocycles. The van der Waals surface area contributed by atoms with Crippen LogP contribution in [-0.4, -0.2) is 0 Å². The standard InChI is InChI=1S/C11H12FNS/c1-11(2,13)7-6-14-9-5-3-4-8(12)10(7)9/h3-6H,13H2,1-2H3. The van der Waals surface area contributed by atoms with E-state index in [1.165, 1.54) is 17.4 Å². The smallest absolute Gasteiger partial charge is 0.132 e. The van der Waals surface area contributed by atoms with Crippen LogP contribution in [0.1, 0.15) is 19.4 Å². The molecule has 2 rings (SSSR count). The van der Waals surface area contributed by atoms with Crippen molar-refractivity contribution in [3.63, 3.8) is 0 Å². The summed E-state index contributed by atoms with van der Waals surface area (Å²) in [5.41, 5.74) is 6.38. The third kappa shape index (κ3) is 1.42. The molecule has 74 valence electrons. The van der Waals surface area contributed by atoms with E-state index >= 15 is 0 Å². The third-order valence-electron chi connectivity index (χ3n) is 2.24. The molecule has 0 saturated heterocycles. The van der Waals surface area contributed by atoms with Crippen molar-refractivity contribution < 1.29 is 4.39 Å². The fourth-order valence-corrected chi connectivity index (χ4v) is 2.67. The van der Waals surface area contributed by atoms with E-state index in [2.05, 4.69) is 0 Å². The Hall–Kier alpha value is -0.930. The summed E-state index contributed by atoms with van der Waals surface area (Å²) in [6, 6.07) is 5.12. The molecule has 0 fully saturated rings. The van der Waals surface area contributed by atoms with Gasteiger partial charge in [-0.15, -0.1) is 11.3 Å². The van der Waals surface area contributed by atoms with Crippen LogP contribution in [0.5, 0.6) is 0 Å². The molecule has 0 aliphatic rings. The van der Waals surface area contributed by atoms with E-state index in [0.29, 0.717) is 5.39 Å². The van der Waals surface area contributed by atoms with Gasteiger partial charge in [0.05, 0.1) is 0 Å². The topological polar surface area (TPSA) is 26.0 Å². The Kier molecular flexibility index (Phi) is 2.09. The fourth-order valence-electron chi connectivity index (χ4n) is 1.52. The Morgan fingerprint density at radius 3 is 2.71 bits per heavy atom. The lowest BCUT2D eigenvalue weighted by molar-refractivity contribution is 0.556. The summed E-state index contributed by atoms with van der Waals surface area (Å²) in [5, 5.41) is 2.61. The number of rotatable bonds is 1. The zero-order valence-corrected chi connectivity index (χ0v) is 8.99. The van der Waals surface area contributed by atoms with Crippen LogP contribution in [0.4, 0.5) is 4.39 Å². The van der Waals surface area contributed by atoms with Gasteiger partial charge < -0.3 is 5.73 Å². The molecule has 3 heteroatoms. The van der Waals surface area contributed by atoms with Gasteiger partial charge in [0.1, 0.15) is 5.82 Å². The van der Waals surface area contributed by atoms with Gasteiger partial charge in [0.2, 0.25) is 0 Å². The van der Waals surface area contributed by atoms with E-state index in [1.54, 1.807) is 6.07 Å². The van der Waals surface area contributed by atoms with Gasteiger partial charge >= 0.3 is 0 Å². The van der Waals surface area contributed by atoms with Gasteiger partial charge in [-0.25, -0.2) is 4.39 Å². The zero-order valence-electron chi connectivity index (χ0n) is 8.17. The molecule has 0 aliphatic carbocycles. The fraction of sp³-hybridized carbons (Fsp3) is 0.273. The SMILES string of the molecule is CC(C)(N)c1csc2cccc(F)c12. The first-order chi connectivity index (χ1) is 6.50. The Labute approximate surface area is 86.4 Å². The number of benzene rings is 1. The summed E-state index contributed by atoms with van der Waals surface area (Å²) in [4.78, 5) is 0. The van der Waals surface area contributed by atoms with Crippen LogP contribution in [0.2, 0.25) is 0 Å². The van der Waals surface area contributed by atoms with Gasteiger partial charge in [-0.3, -0.25) is 0 Å². The molecule has 2 N–H and O–H groups in total. The lowest BCUT2D eigenvalue weighted by Crippen LogP contribution is -2.28. The number of nitrogens with two attached hydrogens (primary N) is 1. The molecule has 0 radical (unpaired) electrons. The van der Waals surface area contributed by atoms with Crippen molar-refractivity contribution >= 4 is 21.4 Å². The molecule has 1 heterocycles. The van der Waals surface area contributed by atoms with Crippen LogP contribution >= 0.6 is 11.3 Å². The van der Waals surface area contributed by atoms with Crippen LogP contribution < -0.4 is 5.73 Å². The number of fused-ring (bicyclic) bond motifs is 1. The Morgan fingerprint density at radius 1 is 1.36 bits per heavy atom. The van der Waals surface area contributed by atoms with Gasteiger partial charge in [-0.1, -0.05) is 6.07 Å². The van der Waals surface area contributed by atoms with Gasteiger partial charge in [0, 0.05) is 15.6 Å². The van der Waals surface area contributed by atoms with E-state index < -0.39 is 5.54 Å². The van der Waals surface area contributed by atoms with Crippen molar-refractivity contribution in [1.82, 2.24) is 0 Å². The van der Waals surface area contributed by atoms with Gasteiger partial charge in [-0.05, 0) is 36.9 Å². The molecule has 0 unspecified atom stereocenters. The molecule has 0 spiro atoms. The predicted octanol–water partition coefficient (Wildman–Crippen LogP) is 3.23. The summed E-state index contributed by atoms with van der Waals surface area (Å²) >= 11 is 1.53. The average Bonchev–Trinajstić information content (AvgIpc) is 2.47. The summed E-state index contributed by atoms with van der Waals surface area (Å²) in [5.74, 6) is -0.183. The molecule has 14 heavy (non-hydrogen) atoms. The maximum atomic E-state index is 13.6. The first-order valence-corrected chi connectivity index (χ1v) is 5.33. The molecule has 2 aromatic rings. The molecule has 0 atom stereocenters. The zero-order chi connectivity index (χ0) is 10.3. The first kappa shape index (κ1) is 9.62. The Morgan fingerprint density at radius 2 is 2.07 bits per heavy atom. The van der Waals surface area contributed by atoms with Crippen LogP contribution in [-0.2, 0) is 5.54 Å². The largest absolute Gasteiger partial charge is 0.322 e. The summed E-state index contributed by atoms with van der Waals surface area (Å²) in [6.07, 6.45) is 0. The van der Waals surface area contributed by atoms with Gasteiger partial charge in [-0.2, -0.15) is 0 Å². The van der Waals surface area contributed by atoms with E-state index in [0.717, 1.165) is 10.3 Å². The van der Waals surface area contributed by atoms with Crippen molar-refractivity contribution in [3.05, 3.63) is 35.0 Å². The lowest BCUT2D eigenvalue weighted by Gasteiger charge is -2.17. The molecule has 0 amide bonds. The second kappa shape index (κ2) is 3.04. The van der Waals surface area contributed by atoms with Crippen LogP contribution in [0.15, 0.2) is 23.6 Å². The van der Waals surface area contributed by atoms with Crippen LogP contribution in [0.3, 0.4) is 0 Å². The van der Waals surface area contributed by atoms with Crippen molar-refractivity contribution in [2.45, 2.75) is 19.4 Å². The number of halogens is 1. The minimum absolute atomic E-state index is 0.183. The minimum Gasteiger partial charge on any atom is -0.322 e. The second-order valence-corrected chi connectivity index (χ2v) is 4.90. The molecule has 1 aromatic carbocycles. The van der Waals surface area contributed by atoms with Gasteiger partial charge in [0.25, 0.3) is 0 Å². The average molecular weight is 209 g/mol. The summed E-state index contributed by atoms with van der Waals surface area (Å²) in [7, 11) is 0. The van der Waals surface area contributed by atoms with E-state index in [9.17, 15) is 4.39 Å². The minimum atomic E-state index is -0.486. The summed E-state index contributed by atoms with van der Waals surface area (Å²) in [6.45, 7) is 3.78. The number of hydrogen-bond acceptors (Lipinski definition) is 2. The summed E-state index contributed by atoms with van der Waals surface area (Å²) < 4.78 is 14.5. The second-order valence-electron chi connectivity index (χ2n) is 3.98. The van der Waals surface area contributed by atoms with Crippen molar-refractivity contribution in [1.29, 1.82) is 0 Å². The normalized spacial score (nSPS) is 12.3. The molecule has 0 saturated carbocycles. The highest BCUT2D eigenvalue weighted by Gasteiger charge is 2.20. The van der Waals surface area contributed by atoms with Crippen molar-refractivity contribution in [2.75, 3.05) is 0 Å². The van der Waals surface area contributed by atoms with Crippen molar-refractivity contribution in [2.24, 2.45) is 5.73 Å². The lowest BCUT2D eigenvalue weighted by atomic mass is 9.95. The monoisotopic (exact) mass is 209 g/mol. The Balaban J connectivity index is 2.80. The predicted molar refractivity (Wildman–Crippen MR) is 59.0 cm³/mol. The number of hydrogen-bond donors (Lipinski definition) is 1. The van der Waals surface area contributed by atoms with Crippen LogP contribution in [0, 0.1) is 5.82 Å². The third-order valence-corrected chi connectivity index (χ3v) is 3.19. The van der Waals surface area contributed by atoms with Crippen LogP contribution in [0.25, 0.3) is 10.1 Å². The molecular weight excluding hydrogens is 197 g/mol. The van der Waals surface area contributed by atoms with Gasteiger partial charge in [0.15, 0.2) is 0 Å². The Bertz CT molecular complexity index is 468. The highest BCUT2D eigenvalue weighted by atomic mass is 32.1. The highest BCUT2D eigenvalue weighted by molar-refractivity contribution is 7.17. The number of thiophene rings is 1. The highest BCUT2D eigenvalue weighted by Crippen LogP contribution is 2.33.